The number of thioether (sulfide) groups is 1. The van der Waals surface area contributed by atoms with Crippen LogP contribution in [-0.2, 0) is 5.75 Å². The van der Waals surface area contributed by atoms with E-state index in [0.29, 0.717) is 50.0 Å². The highest BCUT2D eigenvalue weighted by molar-refractivity contribution is 7.98. The van der Waals surface area contributed by atoms with E-state index in [0.717, 1.165) is 17.8 Å². The Kier molecular flexibility index (Phi) is 5.75. The van der Waals surface area contributed by atoms with Crippen LogP contribution in [0.1, 0.15) is 28.3 Å². The Morgan fingerprint density at radius 3 is 2.90 bits per heavy atom. The summed E-state index contributed by atoms with van der Waals surface area (Å²) < 4.78 is 7.36. The fraction of sp³-hybridized carbons (Fsp3) is 0.200. The van der Waals surface area contributed by atoms with Crippen molar-refractivity contribution in [1.29, 1.82) is 0 Å². The maximum atomic E-state index is 12.2. The maximum Gasteiger partial charge on any atom is 0.270 e. The van der Waals surface area contributed by atoms with Gasteiger partial charge in [-0.3, -0.25) is 9.36 Å². The lowest BCUT2D eigenvalue weighted by Crippen LogP contribution is -2.25. The monoisotopic (exact) mass is 491 g/mol. The predicted octanol–water partition coefficient (Wildman–Crippen LogP) is 5.48. The van der Waals surface area contributed by atoms with Crippen molar-refractivity contribution in [2.24, 2.45) is 0 Å². The summed E-state index contributed by atoms with van der Waals surface area (Å²) in [5.41, 5.74) is 1.14. The van der Waals surface area contributed by atoms with Crippen LogP contribution in [0.4, 0.5) is 0 Å². The van der Waals surface area contributed by atoms with Gasteiger partial charge < -0.3 is 9.73 Å². The molecule has 1 N–H and O–H groups in total. The van der Waals surface area contributed by atoms with Gasteiger partial charge >= 0.3 is 0 Å². The van der Waals surface area contributed by atoms with Crippen LogP contribution < -0.4 is 5.32 Å². The van der Waals surface area contributed by atoms with Crippen molar-refractivity contribution in [3.05, 3.63) is 62.7 Å². The summed E-state index contributed by atoms with van der Waals surface area (Å²) in [5, 5.41) is 15.8. The number of rotatable bonds is 7. The molecule has 3 aromatic heterocycles. The lowest BCUT2D eigenvalue weighted by molar-refractivity contribution is 0.0946. The molecule has 0 atom stereocenters. The Hall–Kier alpha value is -2.33. The van der Waals surface area contributed by atoms with Gasteiger partial charge in [0, 0.05) is 16.4 Å². The molecule has 7 nitrogen and oxygen atoms in total. The van der Waals surface area contributed by atoms with Gasteiger partial charge in [-0.1, -0.05) is 35.0 Å². The first-order chi connectivity index (χ1) is 15.1. The third-order valence-electron chi connectivity index (χ3n) is 4.55. The van der Waals surface area contributed by atoms with Crippen LogP contribution in [0.2, 0.25) is 10.0 Å². The minimum Gasteiger partial charge on any atom is -0.461 e. The van der Waals surface area contributed by atoms with E-state index in [1.807, 2.05) is 16.7 Å². The van der Waals surface area contributed by atoms with Gasteiger partial charge in [0.2, 0.25) is 5.82 Å². The van der Waals surface area contributed by atoms with E-state index in [1.165, 1.54) is 23.1 Å². The number of furan rings is 1. The van der Waals surface area contributed by atoms with E-state index in [1.54, 1.807) is 29.8 Å². The molecule has 0 bridgehead atoms. The second kappa shape index (κ2) is 8.66. The van der Waals surface area contributed by atoms with Crippen LogP contribution in [0.3, 0.4) is 0 Å². The molecule has 1 aliphatic carbocycles. The van der Waals surface area contributed by atoms with E-state index < -0.39 is 0 Å². The molecule has 0 saturated heterocycles. The van der Waals surface area contributed by atoms with Gasteiger partial charge in [-0.15, -0.1) is 21.5 Å². The van der Waals surface area contributed by atoms with E-state index in [4.69, 9.17) is 27.6 Å². The van der Waals surface area contributed by atoms with Crippen molar-refractivity contribution in [2.45, 2.75) is 29.8 Å². The number of nitrogens with one attached hydrogen (secondary N) is 1. The zero-order valence-corrected chi connectivity index (χ0v) is 19.1. The number of benzene rings is 1. The Balaban J connectivity index is 1.42. The number of amides is 1. The van der Waals surface area contributed by atoms with Crippen LogP contribution >= 0.6 is 46.3 Å². The maximum absolute atomic E-state index is 12.2. The number of thiazole rings is 1. The predicted molar refractivity (Wildman–Crippen MR) is 121 cm³/mol. The number of nitrogens with zero attached hydrogens (tertiary/aromatic N) is 4. The number of carbonyl (C=O) groups excluding carboxylic acids is 1. The van der Waals surface area contributed by atoms with Crippen molar-refractivity contribution in [3.8, 4) is 17.3 Å². The highest BCUT2D eigenvalue weighted by Crippen LogP contribution is 2.34. The fourth-order valence-electron chi connectivity index (χ4n) is 2.90. The average Bonchev–Trinajstić information content (AvgIpc) is 3.18. The van der Waals surface area contributed by atoms with Gasteiger partial charge in [0.25, 0.3) is 5.91 Å². The normalized spacial score (nSPS) is 13.5. The van der Waals surface area contributed by atoms with Gasteiger partial charge in [0.1, 0.15) is 10.7 Å². The quantitative estimate of drug-likeness (QED) is 0.344. The first-order valence-corrected chi connectivity index (χ1v) is 12.0. The average molecular weight is 492 g/mol. The Bertz CT molecular complexity index is 1230. The van der Waals surface area contributed by atoms with Gasteiger partial charge in [-0.05, 0) is 43.2 Å². The third-order valence-corrected chi connectivity index (χ3v) is 7.06. The zero-order valence-electron chi connectivity index (χ0n) is 15.9. The topological polar surface area (TPSA) is 85.8 Å². The molecular weight excluding hydrogens is 477 g/mol. The summed E-state index contributed by atoms with van der Waals surface area (Å²) in [6.45, 7) is 0. The number of hydrogen-bond acceptors (Lipinski definition) is 7. The summed E-state index contributed by atoms with van der Waals surface area (Å²) in [5.74, 6) is 1.51. The number of halogens is 2. The molecule has 4 aromatic rings. The molecule has 0 radical (unpaired) electrons. The number of carbonyl (C=O) groups is 1. The van der Waals surface area contributed by atoms with Crippen LogP contribution in [-0.4, -0.2) is 31.7 Å². The lowest BCUT2D eigenvalue weighted by Gasteiger charge is -2.11. The molecule has 0 unspecified atom stereocenters. The third kappa shape index (κ3) is 4.50. The minimum absolute atomic E-state index is 0.119. The van der Waals surface area contributed by atoms with E-state index in [9.17, 15) is 4.79 Å². The van der Waals surface area contributed by atoms with Crippen LogP contribution in [0, 0.1) is 0 Å². The zero-order chi connectivity index (χ0) is 21.4. The molecule has 5 rings (SSSR count). The van der Waals surface area contributed by atoms with Crippen LogP contribution in [0.5, 0.6) is 0 Å². The first kappa shape index (κ1) is 20.6. The van der Waals surface area contributed by atoms with Gasteiger partial charge in [-0.25, -0.2) is 4.98 Å². The lowest BCUT2D eigenvalue weighted by atomic mass is 10.3. The number of aromatic nitrogens is 4. The summed E-state index contributed by atoms with van der Waals surface area (Å²) in [4.78, 5) is 16.6. The summed E-state index contributed by atoms with van der Waals surface area (Å²) >= 11 is 15.4. The second-order valence-corrected chi connectivity index (χ2v) is 9.61. The second-order valence-electron chi connectivity index (χ2n) is 6.88. The molecule has 158 valence electrons. The van der Waals surface area contributed by atoms with Crippen molar-refractivity contribution < 1.29 is 9.21 Å². The Morgan fingerprint density at radius 2 is 2.16 bits per heavy atom. The molecule has 0 spiro atoms. The fourth-order valence-corrected chi connectivity index (χ4v) is 5.13. The molecule has 1 aliphatic rings. The van der Waals surface area contributed by atoms with E-state index in [-0.39, 0.29) is 5.91 Å². The SMILES string of the molecule is O=C(NC1CC1)c1csc(CSc2nnc(-c3ccco3)n2-c2ccc(Cl)cc2Cl)n1. The molecule has 1 amide bonds. The molecule has 1 aromatic carbocycles. The molecular formula is C20H15Cl2N5O2S2. The van der Waals surface area contributed by atoms with E-state index >= 15 is 0 Å². The van der Waals surface area contributed by atoms with Gasteiger partial charge in [0.05, 0.1) is 22.7 Å². The smallest absolute Gasteiger partial charge is 0.270 e. The molecule has 31 heavy (non-hydrogen) atoms. The molecule has 11 heteroatoms. The molecule has 1 fully saturated rings. The van der Waals surface area contributed by atoms with Gasteiger partial charge in [0.15, 0.2) is 10.9 Å². The van der Waals surface area contributed by atoms with Gasteiger partial charge in [-0.2, -0.15) is 0 Å². The van der Waals surface area contributed by atoms with Crippen LogP contribution in [0.15, 0.2) is 51.5 Å². The summed E-state index contributed by atoms with van der Waals surface area (Å²) in [6.07, 6.45) is 3.66. The van der Waals surface area contributed by atoms with Crippen molar-refractivity contribution in [3.63, 3.8) is 0 Å². The largest absolute Gasteiger partial charge is 0.461 e. The summed E-state index contributed by atoms with van der Waals surface area (Å²) in [6, 6.07) is 9.14. The van der Waals surface area contributed by atoms with Crippen molar-refractivity contribution in [2.75, 3.05) is 0 Å². The standard InChI is InChI=1S/C20H15Cl2N5O2S2/c21-11-3-6-15(13(22)8-11)27-18(16-2-1-7-29-16)25-26-20(27)31-10-17-24-14(9-30-17)19(28)23-12-4-5-12/h1-3,6-9,12H,4-5,10H2,(H,23,28). The highest BCUT2D eigenvalue weighted by atomic mass is 35.5. The molecule has 0 aliphatic heterocycles. The van der Waals surface area contributed by atoms with Crippen LogP contribution in [0.25, 0.3) is 17.3 Å². The molecule has 3 heterocycles. The minimum atomic E-state index is -0.119. The first-order valence-electron chi connectivity index (χ1n) is 9.41. The van der Waals surface area contributed by atoms with E-state index in [2.05, 4.69) is 20.5 Å². The molecule has 1 saturated carbocycles. The Morgan fingerprint density at radius 1 is 1.29 bits per heavy atom. The Labute approximate surface area is 195 Å². The highest BCUT2D eigenvalue weighted by Gasteiger charge is 2.25. The summed E-state index contributed by atoms with van der Waals surface area (Å²) in [7, 11) is 0. The van der Waals surface area contributed by atoms with Crippen molar-refractivity contribution in [1.82, 2.24) is 25.1 Å². The number of hydrogen-bond donors (Lipinski definition) is 1. The van der Waals surface area contributed by atoms with Crippen molar-refractivity contribution >= 4 is 52.2 Å².